The van der Waals surface area contributed by atoms with Gasteiger partial charge in [-0.2, -0.15) is 11.8 Å². The molecular formula is C11H15FN2S. The van der Waals surface area contributed by atoms with Gasteiger partial charge in [-0.3, -0.25) is 0 Å². The maximum absolute atomic E-state index is 13.3. The molecule has 15 heavy (non-hydrogen) atoms. The van der Waals surface area contributed by atoms with E-state index in [1.54, 1.807) is 6.07 Å². The lowest BCUT2D eigenvalue weighted by Gasteiger charge is -2.28. The molecule has 1 fully saturated rings. The molecule has 0 bridgehead atoms. The highest BCUT2D eigenvalue weighted by Gasteiger charge is 2.12. The quantitative estimate of drug-likeness (QED) is 0.834. The highest BCUT2D eigenvalue weighted by Crippen LogP contribution is 2.21. The van der Waals surface area contributed by atoms with Crippen molar-refractivity contribution in [3.8, 4) is 0 Å². The Labute approximate surface area is 93.6 Å². The summed E-state index contributed by atoms with van der Waals surface area (Å²) in [5.41, 5.74) is 7.36. The van der Waals surface area contributed by atoms with E-state index >= 15 is 0 Å². The van der Waals surface area contributed by atoms with Gasteiger partial charge in [0.2, 0.25) is 0 Å². The second-order valence-electron chi connectivity index (χ2n) is 3.62. The number of anilines is 1. The van der Waals surface area contributed by atoms with Crippen LogP contribution in [0.25, 0.3) is 0 Å². The van der Waals surface area contributed by atoms with Gasteiger partial charge in [0.25, 0.3) is 0 Å². The fourth-order valence-electron chi connectivity index (χ4n) is 1.76. The second kappa shape index (κ2) is 4.86. The maximum Gasteiger partial charge on any atom is 0.125 e. The molecule has 1 heterocycles. The number of hydrogen-bond acceptors (Lipinski definition) is 3. The highest BCUT2D eigenvalue weighted by atomic mass is 32.2. The van der Waals surface area contributed by atoms with Crippen molar-refractivity contribution in [1.29, 1.82) is 0 Å². The first-order chi connectivity index (χ1) is 7.29. The minimum absolute atomic E-state index is 0.189. The average Bonchev–Trinajstić information content (AvgIpc) is 2.29. The summed E-state index contributed by atoms with van der Waals surface area (Å²) in [7, 11) is 0. The molecule has 0 amide bonds. The van der Waals surface area contributed by atoms with Crippen molar-refractivity contribution in [2.24, 2.45) is 5.73 Å². The zero-order valence-corrected chi connectivity index (χ0v) is 9.39. The van der Waals surface area contributed by atoms with Gasteiger partial charge in [-0.05, 0) is 23.8 Å². The van der Waals surface area contributed by atoms with E-state index in [9.17, 15) is 4.39 Å². The Hall–Kier alpha value is -0.740. The normalized spacial score (nSPS) is 16.8. The minimum atomic E-state index is -0.189. The van der Waals surface area contributed by atoms with Crippen LogP contribution < -0.4 is 10.6 Å². The van der Waals surface area contributed by atoms with Crippen LogP contribution in [0.2, 0.25) is 0 Å². The first kappa shape index (κ1) is 10.8. The molecule has 0 aliphatic carbocycles. The Bertz CT molecular complexity index is 337. The molecule has 0 unspecified atom stereocenters. The van der Waals surface area contributed by atoms with E-state index in [-0.39, 0.29) is 5.82 Å². The molecule has 0 atom stereocenters. The van der Waals surface area contributed by atoms with E-state index in [4.69, 9.17) is 5.73 Å². The van der Waals surface area contributed by atoms with E-state index in [2.05, 4.69) is 4.90 Å². The van der Waals surface area contributed by atoms with Crippen molar-refractivity contribution >= 4 is 17.4 Å². The van der Waals surface area contributed by atoms with E-state index in [1.807, 2.05) is 17.8 Å². The Kier molecular flexibility index (Phi) is 3.49. The van der Waals surface area contributed by atoms with Gasteiger partial charge in [0.1, 0.15) is 5.82 Å². The maximum atomic E-state index is 13.3. The SMILES string of the molecule is NCc1cc(F)cc(N2CCSCC2)c1. The Morgan fingerprint density at radius 1 is 1.27 bits per heavy atom. The zero-order valence-electron chi connectivity index (χ0n) is 8.58. The van der Waals surface area contributed by atoms with Gasteiger partial charge < -0.3 is 10.6 Å². The van der Waals surface area contributed by atoms with Crippen LogP contribution in [0.1, 0.15) is 5.56 Å². The predicted molar refractivity (Wildman–Crippen MR) is 63.8 cm³/mol. The Balaban J connectivity index is 2.22. The largest absolute Gasteiger partial charge is 0.370 e. The Morgan fingerprint density at radius 2 is 2.00 bits per heavy atom. The van der Waals surface area contributed by atoms with Gasteiger partial charge in [0.15, 0.2) is 0 Å². The summed E-state index contributed by atoms with van der Waals surface area (Å²) in [6, 6.07) is 5.08. The van der Waals surface area contributed by atoms with Gasteiger partial charge in [0.05, 0.1) is 0 Å². The molecule has 0 saturated carbocycles. The molecule has 2 rings (SSSR count). The fraction of sp³-hybridized carbons (Fsp3) is 0.455. The van der Waals surface area contributed by atoms with Crippen molar-refractivity contribution in [2.45, 2.75) is 6.54 Å². The summed E-state index contributed by atoms with van der Waals surface area (Å²) in [5, 5.41) is 0. The average molecular weight is 226 g/mol. The van der Waals surface area contributed by atoms with Gasteiger partial charge in [-0.1, -0.05) is 0 Å². The van der Waals surface area contributed by atoms with Gasteiger partial charge >= 0.3 is 0 Å². The third-order valence-electron chi connectivity index (χ3n) is 2.55. The molecule has 0 radical (unpaired) electrons. The summed E-state index contributed by atoms with van der Waals surface area (Å²) in [6.07, 6.45) is 0. The van der Waals surface area contributed by atoms with Gasteiger partial charge in [0, 0.05) is 36.8 Å². The molecule has 2 nitrogen and oxygen atoms in total. The van der Waals surface area contributed by atoms with Crippen LogP contribution in [0.5, 0.6) is 0 Å². The van der Waals surface area contributed by atoms with Crippen LogP contribution in [0.3, 0.4) is 0 Å². The number of nitrogens with zero attached hydrogens (tertiary/aromatic N) is 1. The molecule has 2 N–H and O–H groups in total. The molecule has 1 aromatic rings. The van der Waals surface area contributed by atoms with E-state index < -0.39 is 0 Å². The lowest BCUT2D eigenvalue weighted by Crippen LogP contribution is -2.32. The molecule has 1 aliphatic rings. The van der Waals surface area contributed by atoms with Crippen LogP contribution in [-0.2, 0) is 6.54 Å². The number of thioether (sulfide) groups is 1. The Morgan fingerprint density at radius 3 is 2.67 bits per heavy atom. The van der Waals surface area contributed by atoms with Crippen LogP contribution in [-0.4, -0.2) is 24.6 Å². The smallest absolute Gasteiger partial charge is 0.125 e. The monoisotopic (exact) mass is 226 g/mol. The molecule has 1 aliphatic heterocycles. The number of halogens is 1. The third kappa shape index (κ3) is 2.63. The van der Waals surface area contributed by atoms with Crippen LogP contribution in [0.15, 0.2) is 18.2 Å². The fourth-order valence-corrected chi connectivity index (χ4v) is 2.66. The summed E-state index contributed by atoms with van der Waals surface area (Å²) >= 11 is 1.95. The lowest BCUT2D eigenvalue weighted by molar-refractivity contribution is 0.624. The number of rotatable bonds is 2. The molecule has 4 heteroatoms. The summed E-state index contributed by atoms with van der Waals surface area (Å²) in [5.74, 6) is 2.05. The summed E-state index contributed by atoms with van der Waals surface area (Å²) in [6.45, 7) is 2.39. The van der Waals surface area contributed by atoms with Crippen LogP contribution >= 0.6 is 11.8 Å². The van der Waals surface area contributed by atoms with Gasteiger partial charge in [-0.15, -0.1) is 0 Å². The number of benzene rings is 1. The molecule has 1 saturated heterocycles. The molecule has 0 spiro atoms. The van der Waals surface area contributed by atoms with Crippen molar-refractivity contribution in [2.75, 3.05) is 29.5 Å². The summed E-state index contributed by atoms with van der Waals surface area (Å²) < 4.78 is 13.3. The number of hydrogen-bond donors (Lipinski definition) is 1. The molecule has 0 aromatic heterocycles. The number of nitrogens with two attached hydrogens (primary N) is 1. The highest BCUT2D eigenvalue weighted by molar-refractivity contribution is 7.99. The van der Waals surface area contributed by atoms with E-state index in [0.717, 1.165) is 35.8 Å². The van der Waals surface area contributed by atoms with Crippen LogP contribution in [0.4, 0.5) is 10.1 Å². The molecular weight excluding hydrogens is 211 g/mol. The summed E-state index contributed by atoms with van der Waals surface area (Å²) in [4.78, 5) is 2.22. The second-order valence-corrected chi connectivity index (χ2v) is 4.85. The molecule has 1 aromatic carbocycles. The topological polar surface area (TPSA) is 29.3 Å². The standard InChI is InChI=1S/C11H15FN2S/c12-10-5-9(8-13)6-11(7-10)14-1-3-15-4-2-14/h5-7H,1-4,8,13H2. The zero-order chi connectivity index (χ0) is 10.7. The van der Waals surface area contributed by atoms with Crippen molar-refractivity contribution in [1.82, 2.24) is 0 Å². The minimum Gasteiger partial charge on any atom is -0.370 e. The van der Waals surface area contributed by atoms with Crippen LogP contribution in [0, 0.1) is 5.82 Å². The first-order valence-electron chi connectivity index (χ1n) is 5.12. The van der Waals surface area contributed by atoms with Gasteiger partial charge in [-0.25, -0.2) is 4.39 Å². The first-order valence-corrected chi connectivity index (χ1v) is 6.27. The van der Waals surface area contributed by atoms with E-state index in [1.165, 1.54) is 6.07 Å². The van der Waals surface area contributed by atoms with E-state index in [0.29, 0.717) is 6.54 Å². The third-order valence-corrected chi connectivity index (χ3v) is 3.50. The van der Waals surface area contributed by atoms with Crippen molar-refractivity contribution < 1.29 is 4.39 Å². The van der Waals surface area contributed by atoms with Crippen molar-refractivity contribution in [3.05, 3.63) is 29.6 Å². The predicted octanol–water partition coefficient (Wildman–Crippen LogP) is 1.84. The molecule has 82 valence electrons. The lowest BCUT2D eigenvalue weighted by atomic mass is 10.2. The van der Waals surface area contributed by atoms with Crippen molar-refractivity contribution in [3.63, 3.8) is 0 Å².